The number of carbonyl (C=O) groups excluding carboxylic acids is 1. The molecule has 0 aromatic heterocycles. The van der Waals surface area contributed by atoms with Gasteiger partial charge in [0.15, 0.2) is 0 Å². The molecule has 0 saturated heterocycles. The van der Waals surface area contributed by atoms with E-state index in [1.807, 2.05) is 30.3 Å². The van der Waals surface area contributed by atoms with E-state index in [1.54, 1.807) is 0 Å². The predicted molar refractivity (Wildman–Crippen MR) is 81.6 cm³/mol. The third-order valence-corrected chi connectivity index (χ3v) is 3.74. The van der Waals surface area contributed by atoms with E-state index in [4.69, 9.17) is 5.73 Å². The van der Waals surface area contributed by atoms with Crippen LogP contribution in [-0.2, 0) is 4.79 Å². The lowest BCUT2D eigenvalue weighted by Gasteiger charge is -2.26. The molecule has 0 heterocycles. The summed E-state index contributed by atoms with van der Waals surface area (Å²) < 4.78 is 0. The van der Waals surface area contributed by atoms with Crippen molar-refractivity contribution in [1.82, 2.24) is 5.32 Å². The number of benzene rings is 1. The molecule has 4 nitrogen and oxygen atoms in total. The van der Waals surface area contributed by atoms with Crippen molar-refractivity contribution in [3.63, 3.8) is 0 Å². The largest absolute Gasteiger partial charge is 0.387 e. The highest BCUT2D eigenvalue weighted by atomic mass is 35.5. The number of halogens is 1. The van der Waals surface area contributed by atoms with Crippen LogP contribution in [-0.4, -0.2) is 23.6 Å². The van der Waals surface area contributed by atoms with Crippen molar-refractivity contribution < 1.29 is 9.90 Å². The Hall–Kier alpha value is -1.10. The van der Waals surface area contributed by atoms with Gasteiger partial charge in [-0.15, -0.1) is 12.4 Å². The molecule has 3 unspecified atom stereocenters. The molecule has 1 aromatic carbocycles. The van der Waals surface area contributed by atoms with Gasteiger partial charge in [0.1, 0.15) is 0 Å². The van der Waals surface area contributed by atoms with Crippen molar-refractivity contribution in [3.05, 3.63) is 35.9 Å². The zero-order valence-corrected chi connectivity index (χ0v) is 12.3. The number of hydrogen-bond donors (Lipinski definition) is 3. The van der Waals surface area contributed by atoms with Crippen LogP contribution >= 0.6 is 12.4 Å². The molecule has 112 valence electrons. The van der Waals surface area contributed by atoms with Crippen molar-refractivity contribution in [3.8, 4) is 0 Å². The zero-order chi connectivity index (χ0) is 13.7. The van der Waals surface area contributed by atoms with Gasteiger partial charge in [-0.2, -0.15) is 0 Å². The summed E-state index contributed by atoms with van der Waals surface area (Å²) in [6, 6.07) is 9.50. The second-order valence-electron chi connectivity index (χ2n) is 5.30. The smallest absolute Gasteiger partial charge is 0.223 e. The molecule has 5 heteroatoms. The number of rotatable bonds is 4. The van der Waals surface area contributed by atoms with Gasteiger partial charge in [-0.25, -0.2) is 0 Å². The Balaban J connectivity index is 0.00000200. The van der Waals surface area contributed by atoms with Crippen LogP contribution in [0.15, 0.2) is 30.3 Å². The molecular formula is C15H23ClN2O2. The van der Waals surface area contributed by atoms with Gasteiger partial charge in [-0.05, 0) is 24.8 Å². The fourth-order valence-electron chi connectivity index (χ4n) is 2.60. The van der Waals surface area contributed by atoms with Gasteiger partial charge in [-0.3, -0.25) is 4.79 Å². The van der Waals surface area contributed by atoms with Crippen molar-refractivity contribution >= 4 is 18.3 Å². The lowest BCUT2D eigenvalue weighted by Crippen LogP contribution is -2.39. The molecule has 1 aliphatic rings. The molecule has 2 rings (SSSR count). The Morgan fingerprint density at radius 3 is 2.70 bits per heavy atom. The van der Waals surface area contributed by atoms with Gasteiger partial charge in [0.25, 0.3) is 0 Å². The first-order valence-corrected chi connectivity index (χ1v) is 6.93. The van der Waals surface area contributed by atoms with Crippen LogP contribution in [0.4, 0.5) is 0 Å². The van der Waals surface area contributed by atoms with Crippen LogP contribution in [0.25, 0.3) is 0 Å². The summed E-state index contributed by atoms with van der Waals surface area (Å²) in [4.78, 5) is 12.0. The van der Waals surface area contributed by atoms with E-state index in [2.05, 4.69) is 5.32 Å². The fourth-order valence-corrected chi connectivity index (χ4v) is 2.60. The van der Waals surface area contributed by atoms with Gasteiger partial charge in [0.05, 0.1) is 6.10 Å². The van der Waals surface area contributed by atoms with Crippen molar-refractivity contribution in [2.75, 3.05) is 6.54 Å². The Bertz CT molecular complexity index is 414. The summed E-state index contributed by atoms with van der Waals surface area (Å²) in [5, 5.41) is 12.8. The number of amides is 1. The normalized spacial score (nSPS) is 23.5. The van der Waals surface area contributed by atoms with E-state index in [0.29, 0.717) is 0 Å². The average Bonchev–Trinajstić information content (AvgIpc) is 2.45. The first-order valence-electron chi connectivity index (χ1n) is 6.93. The van der Waals surface area contributed by atoms with Crippen molar-refractivity contribution in [2.45, 2.75) is 37.8 Å². The van der Waals surface area contributed by atoms with Crippen LogP contribution in [0, 0.1) is 5.92 Å². The summed E-state index contributed by atoms with van der Waals surface area (Å²) in [6.45, 7) is 0.259. The third-order valence-electron chi connectivity index (χ3n) is 3.74. The molecule has 0 spiro atoms. The molecule has 1 amide bonds. The number of nitrogens with two attached hydrogens (primary N) is 1. The molecule has 1 aliphatic carbocycles. The topological polar surface area (TPSA) is 75.4 Å². The summed E-state index contributed by atoms with van der Waals surface area (Å²) in [7, 11) is 0. The van der Waals surface area contributed by atoms with Crippen LogP contribution in [0.1, 0.15) is 37.4 Å². The summed E-state index contributed by atoms with van der Waals surface area (Å²) in [5.74, 6) is 0.0249. The number of aliphatic hydroxyl groups is 1. The Kier molecular flexibility index (Phi) is 6.99. The molecule has 20 heavy (non-hydrogen) atoms. The molecule has 0 radical (unpaired) electrons. The average molecular weight is 299 g/mol. The van der Waals surface area contributed by atoms with Crippen LogP contribution in [0.2, 0.25) is 0 Å². The standard InChI is InChI=1S/C15H22N2O2.ClH/c16-13-8-4-7-12(9-13)15(19)17-10-14(18)11-5-2-1-3-6-11;/h1-3,5-6,12-14,18H,4,7-10,16H2,(H,17,19);1H. The first-order chi connectivity index (χ1) is 9.16. The molecule has 4 N–H and O–H groups in total. The van der Waals surface area contributed by atoms with E-state index >= 15 is 0 Å². The Morgan fingerprint density at radius 1 is 1.35 bits per heavy atom. The van der Waals surface area contributed by atoms with E-state index in [0.717, 1.165) is 31.2 Å². The maximum atomic E-state index is 12.0. The lowest BCUT2D eigenvalue weighted by molar-refractivity contribution is -0.126. The quantitative estimate of drug-likeness (QED) is 0.793. The van der Waals surface area contributed by atoms with Gasteiger partial charge in [0, 0.05) is 18.5 Å². The zero-order valence-electron chi connectivity index (χ0n) is 11.5. The minimum atomic E-state index is -0.651. The van der Waals surface area contributed by atoms with Crippen LogP contribution in [0.5, 0.6) is 0 Å². The molecular weight excluding hydrogens is 276 g/mol. The molecule has 1 aromatic rings. The van der Waals surface area contributed by atoms with E-state index in [9.17, 15) is 9.90 Å². The second kappa shape index (κ2) is 8.25. The maximum absolute atomic E-state index is 12.0. The van der Waals surface area contributed by atoms with Crippen molar-refractivity contribution in [2.24, 2.45) is 11.7 Å². The van der Waals surface area contributed by atoms with Gasteiger partial charge >= 0.3 is 0 Å². The number of hydrogen-bond acceptors (Lipinski definition) is 3. The van der Waals surface area contributed by atoms with E-state index in [1.165, 1.54) is 0 Å². The van der Waals surface area contributed by atoms with Crippen molar-refractivity contribution in [1.29, 1.82) is 0 Å². The first kappa shape index (κ1) is 17.0. The summed E-state index contributed by atoms with van der Waals surface area (Å²) in [6.07, 6.45) is 3.04. The predicted octanol–water partition coefficient (Wildman–Crippen LogP) is 1.78. The molecule has 0 aliphatic heterocycles. The number of aliphatic hydroxyl groups excluding tert-OH is 1. The SMILES string of the molecule is Cl.NC1CCCC(C(=O)NCC(O)c2ccccc2)C1. The fraction of sp³-hybridized carbons (Fsp3) is 0.533. The van der Waals surface area contributed by atoms with E-state index < -0.39 is 6.10 Å². The molecule has 3 atom stereocenters. The summed E-state index contributed by atoms with van der Waals surface area (Å²) >= 11 is 0. The number of nitrogens with one attached hydrogen (secondary N) is 1. The minimum absolute atomic E-state index is 0. The van der Waals surface area contributed by atoms with Gasteiger partial charge in [0.2, 0.25) is 5.91 Å². The van der Waals surface area contributed by atoms with Crippen LogP contribution in [0.3, 0.4) is 0 Å². The summed E-state index contributed by atoms with van der Waals surface area (Å²) in [5.41, 5.74) is 6.70. The highest BCUT2D eigenvalue weighted by Gasteiger charge is 2.25. The highest BCUT2D eigenvalue weighted by molar-refractivity contribution is 5.85. The van der Waals surface area contributed by atoms with E-state index in [-0.39, 0.29) is 36.8 Å². The van der Waals surface area contributed by atoms with Crippen LogP contribution < -0.4 is 11.1 Å². The molecule has 1 fully saturated rings. The lowest BCUT2D eigenvalue weighted by atomic mass is 9.85. The Labute approximate surface area is 126 Å². The Morgan fingerprint density at radius 2 is 2.05 bits per heavy atom. The number of carbonyl (C=O) groups is 1. The third kappa shape index (κ3) is 4.78. The molecule has 0 bridgehead atoms. The highest BCUT2D eigenvalue weighted by Crippen LogP contribution is 2.23. The van der Waals surface area contributed by atoms with Gasteiger partial charge < -0.3 is 16.2 Å². The maximum Gasteiger partial charge on any atom is 0.223 e. The van der Waals surface area contributed by atoms with Gasteiger partial charge in [-0.1, -0.05) is 36.8 Å². The minimum Gasteiger partial charge on any atom is -0.387 e. The second-order valence-corrected chi connectivity index (χ2v) is 5.30. The molecule has 1 saturated carbocycles. The monoisotopic (exact) mass is 298 g/mol.